The summed E-state index contributed by atoms with van der Waals surface area (Å²) in [5.74, 6) is 0. The summed E-state index contributed by atoms with van der Waals surface area (Å²) in [6.07, 6.45) is 0. The zero-order valence-electron chi connectivity index (χ0n) is 68.2. The maximum absolute atomic E-state index is 2.45. The summed E-state index contributed by atoms with van der Waals surface area (Å²) >= 11 is 3.73. The zero-order valence-corrected chi connectivity index (χ0v) is 69.8. The molecule has 28 aromatic rings. The summed E-state index contributed by atoms with van der Waals surface area (Å²) in [7, 11) is 0. The zero-order chi connectivity index (χ0) is 82.3. The van der Waals surface area contributed by atoms with Gasteiger partial charge in [0.15, 0.2) is 0 Å². The minimum absolute atomic E-state index is 1.15. The third-order valence-electron chi connectivity index (χ3n) is 27.0. The highest BCUT2D eigenvalue weighted by molar-refractivity contribution is 7.26. The van der Waals surface area contributed by atoms with Crippen LogP contribution in [0.25, 0.3) is 259 Å². The van der Waals surface area contributed by atoms with Crippen molar-refractivity contribution in [2.75, 3.05) is 0 Å². The van der Waals surface area contributed by atoms with E-state index in [1.165, 1.54) is 248 Å². The number of para-hydroxylation sites is 4. The Kier molecular flexibility index (Phi) is 15.6. The maximum Gasteiger partial charge on any atom is 0.0547 e. The quantitative estimate of drug-likeness (QED) is 0.135. The Bertz CT molecular complexity index is 9440. The average molecular weight is 1630 g/mol. The first-order valence-corrected chi connectivity index (χ1v) is 45.0. The van der Waals surface area contributed by atoms with E-state index in [-0.39, 0.29) is 0 Å². The predicted molar refractivity (Wildman–Crippen MR) is 543 cm³/mol. The average Bonchev–Trinajstić information content (AvgIpc) is 1.66. The lowest BCUT2D eigenvalue weighted by Gasteiger charge is -2.14. The van der Waals surface area contributed by atoms with E-state index in [1.807, 2.05) is 22.7 Å². The second-order valence-corrected chi connectivity index (χ2v) is 35.9. The Morgan fingerprint density at radius 3 is 0.770 bits per heavy atom. The normalized spacial score (nSPS) is 12.1. The summed E-state index contributed by atoms with van der Waals surface area (Å²) in [5.41, 5.74) is 23.9. The van der Waals surface area contributed by atoms with Crippen LogP contribution < -0.4 is 0 Å². The summed E-state index contributed by atoms with van der Waals surface area (Å²) in [6.45, 7) is 0. The van der Waals surface area contributed by atoms with Crippen molar-refractivity contribution in [2.24, 2.45) is 0 Å². The van der Waals surface area contributed by atoms with Gasteiger partial charge in [-0.15, -0.1) is 22.7 Å². The van der Waals surface area contributed by atoms with Crippen molar-refractivity contribution in [2.45, 2.75) is 0 Å². The summed E-state index contributed by atoms with van der Waals surface area (Å²) in [6, 6.07) is 162. The number of thiophene rings is 2. The van der Waals surface area contributed by atoms with Crippen molar-refractivity contribution in [1.82, 2.24) is 18.3 Å². The van der Waals surface area contributed by atoms with Crippen LogP contribution in [0.1, 0.15) is 0 Å². The molecule has 0 unspecified atom stereocenters. The van der Waals surface area contributed by atoms with Crippen LogP contribution in [0.3, 0.4) is 0 Å². The molecule has 0 saturated heterocycles. The molecule has 126 heavy (non-hydrogen) atoms. The molecular weight excluding hydrogens is 1560 g/mol. The predicted octanol–water partition coefficient (Wildman–Crippen LogP) is 34.1. The Morgan fingerprint density at radius 2 is 0.357 bits per heavy atom. The van der Waals surface area contributed by atoms with Gasteiger partial charge in [-0.2, -0.15) is 0 Å². The van der Waals surface area contributed by atoms with Gasteiger partial charge in [0, 0.05) is 106 Å². The van der Waals surface area contributed by atoms with Crippen LogP contribution in [0.15, 0.2) is 437 Å². The molecule has 0 amide bonds. The lowest BCUT2D eigenvalue weighted by atomic mass is 9.92. The van der Waals surface area contributed by atoms with E-state index in [4.69, 9.17) is 0 Å². The monoisotopic (exact) mass is 1630 g/mol. The molecule has 22 aromatic carbocycles. The van der Waals surface area contributed by atoms with Gasteiger partial charge in [-0.05, 0) is 255 Å². The molecule has 0 aliphatic heterocycles. The number of hydrogen-bond donors (Lipinski definition) is 0. The van der Waals surface area contributed by atoms with E-state index in [1.54, 1.807) is 0 Å². The SMILES string of the molecule is c1cc(-c2ccc3c4ccccc4c4ccccc4c3c2)cc(-n2c3ccccc3c3ccc(-c4ccc5c(c4)c4ccccc4n5-c4ccc5sc6ccccc6c5c4)cc32)c1.c1ccc2c(c1)sc1ccc(-n3c4ccccc4c4cc(-c5ccc6c7ccccc7n(-c7ccc(-c8ccc9c%10ccccc%10c%10ccccc%10c9c8)cc7)c6c5)ccc43)cc12. The van der Waals surface area contributed by atoms with Crippen LogP contribution >= 0.6 is 22.7 Å². The van der Waals surface area contributed by atoms with Gasteiger partial charge in [-0.1, -0.05) is 291 Å². The van der Waals surface area contributed by atoms with Gasteiger partial charge in [0.1, 0.15) is 0 Å². The lowest BCUT2D eigenvalue weighted by Crippen LogP contribution is -1.95. The van der Waals surface area contributed by atoms with Crippen molar-refractivity contribution in [1.29, 1.82) is 0 Å². The largest absolute Gasteiger partial charge is 0.309 e. The number of nitrogens with zero attached hydrogens (tertiary/aromatic N) is 4. The fraction of sp³-hybridized carbons (Fsp3) is 0. The van der Waals surface area contributed by atoms with Gasteiger partial charge >= 0.3 is 0 Å². The van der Waals surface area contributed by atoms with Gasteiger partial charge in [0.2, 0.25) is 0 Å². The van der Waals surface area contributed by atoms with Crippen molar-refractivity contribution < 1.29 is 0 Å². The maximum atomic E-state index is 2.45. The van der Waals surface area contributed by atoms with Gasteiger partial charge < -0.3 is 18.3 Å². The highest BCUT2D eigenvalue weighted by Gasteiger charge is 2.23. The fourth-order valence-corrected chi connectivity index (χ4v) is 23.4. The van der Waals surface area contributed by atoms with E-state index in [0.717, 1.165) is 11.4 Å². The molecule has 6 heterocycles. The number of hydrogen-bond acceptors (Lipinski definition) is 2. The van der Waals surface area contributed by atoms with Crippen molar-refractivity contribution in [3.63, 3.8) is 0 Å². The van der Waals surface area contributed by atoms with Crippen molar-refractivity contribution >= 4 is 215 Å². The molecule has 0 aliphatic carbocycles. The molecule has 28 rings (SSSR count). The Labute approximate surface area is 731 Å². The fourth-order valence-electron chi connectivity index (χ4n) is 21.2. The molecule has 0 aliphatic rings. The smallest absolute Gasteiger partial charge is 0.0547 e. The van der Waals surface area contributed by atoms with Crippen LogP contribution in [0.4, 0.5) is 0 Å². The lowest BCUT2D eigenvalue weighted by molar-refractivity contribution is 1.18. The van der Waals surface area contributed by atoms with Crippen molar-refractivity contribution in [3.8, 4) is 67.3 Å². The molecule has 0 N–H and O–H groups in total. The number of rotatable bonds is 8. The first-order chi connectivity index (χ1) is 62.5. The molecular formula is C120H72N4S2. The van der Waals surface area contributed by atoms with Crippen molar-refractivity contribution in [3.05, 3.63) is 437 Å². The van der Waals surface area contributed by atoms with Crippen LogP contribution in [-0.2, 0) is 0 Å². The summed E-state index contributed by atoms with van der Waals surface area (Å²) < 4.78 is 15.1. The van der Waals surface area contributed by atoms with E-state index < -0.39 is 0 Å². The topological polar surface area (TPSA) is 19.7 Å². The van der Waals surface area contributed by atoms with Gasteiger partial charge in [0.25, 0.3) is 0 Å². The number of aromatic nitrogens is 4. The van der Waals surface area contributed by atoms with E-state index >= 15 is 0 Å². The van der Waals surface area contributed by atoms with E-state index in [0.29, 0.717) is 0 Å². The second-order valence-electron chi connectivity index (χ2n) is 33.7. The van der Waals surface area contributed by atoms with Crippen LogP contribution in [0.5, 0.6) is 0 Å². The minimum atomic E-state index is 1.15. The van der Waals surface area contributed by atoms with Crippen LogP contribution in [-0.4, -0.2) is 18.3 Å². The molecule has 4 nitrogen and oxygen atoms in total. The first kappa shape index (κ1) is 70.7. The Morgan fingerprint density at radius 1 is 0.111 bits per heavy atom. The van der Waals surface area contributed by atoms with Gasteiger partial charge in [-0.3, -0.25) is 0 Å². The molecule has 6 aromatic heterocycles. The third kappa shape index (κ3) is 10.8. The first-order valence-electron chi connectivity index (χ1n) is 43.3. The molecule has 0 spiro atoms. The Hall–Kier alpha value is -16.0. The van der Waals surface area contributed by atoms with E-state index in [9.17, 15) is 0 Å². The molecule has 0 radical (unpaired) electrons. The Balaban J connectivity index is 0.000000131. The van der Waals surface area contributed by atoms with Gasteiger partial charge in [0.05, 0.1) is 44.1 Å². The molecule has 0 atom stereocenters. The molecule has 0 bridgehead atoms. The summed E-state index contributed by atoms with van der Waals surface area (Å²) in [4.78, 5) is 0. The molecule has 584 valence electrons. The number of fused-ring (bicyclic) bond motifs is 30. The van der Waals surface area contributed by atoms with Crippen LogP contribution in [0.2, 0.25) is 0 Å². The second kappa shape index (κ2) is 27.8. The molecule has 0 saturated carbocycles. The van der Waals surface area contributed by atoms with Crippen LogP contribution in [0, 0.1) is 0 Å². The standard InChI is InChI=1S/2C60H36N2S/c1-2-16-45-43(14-1)44-15-3-4-17-46(44)52-33-38(24-28-47(45)52)37-12-11-13-41(32-37)62-55-21-8-5-18-48(55)50-29-25-40(35-58(50)62)39-26-30-57-53(34-39)49-19-6-9-22-56(49)61(57)42-27-31-60-54(36-42)51-20-7-10-23-59(51)63-60;1-2-13-45-43(11-1)44-12-3-4-14-46(44)52-33-38(23-29-47(45)52)37-21-26-41(27-22-37)61-55-18-8-5-15-48(55)50-30-24-40(35-58(50)61)39-25-31-57-53(34-39)49-16-6-9-19-56(49)62(57)42-28-32-60-54(36-42)51-17-7-10-20-59(51)63-60/h2*1-36H. The molecule has 0 fully saturated rings. The third-order valence-corrected chi connectivity index (χ3v) is 29.3. The molecule has 6 heteroatoms. The highest BCUT2D eigenvalue weighted by Crippen LogP contribution is 2.47. The van der Waals surface area contributed by atoms with E-state index in [2.05, 4.69) is 455 Å². The summed E-state index contributed by atoms with van der Waals surface area (Å²) in [5, 5.41) is 30.8. The minimum Gasteiger partial charge on any atom is -0.309 e. The number of benzene rings is 22. The van der Waals surface area contributed by atoms with Gasteiger partial charge in [-0.25, -0.2) is 0 Å². The highest BCUT2D eigenvalue weighted by atomic mass is 32.1.